The number of para-hydroxylation sites is 1. The molecule has 0 N–H and O–H groups in total. The number of piperidine rings is 1. The first-order valence-electron chi connectivity index (χ1n) is 7.73. The van der Waals surface area contributed by atoms with E-state index in [1.54, 1.807) is 18.2 Å². The summed E-state index contributed by atoms with van der Waals surface area (Å²) in [6.07, 6.45) is 6.82. The fourth-order valence-corrected chi connectivity index (χ4v) is 3.85. The van der Waals surface area contributed by atoms with Crippen molar-refractivity contribution in [1.82, 2.24) is 4.90 Å². The SMILES string of the molecule is O=C(c1ccccc1[N+](=O)[O-])N1CCCC2CCCCC21. The number of nitrogens with zero attached hydrogens (tertiary/aromatic N) is 2. The molecule has 0 radical (unpaired) electrons. The molecule has 0 bridgehead atoms. The Morgan fingerprint density at radius 1 is 1.14 bits per heavy atom. The molecule has 1 aromatic carbocycles. The number of fused-ring (bicyclic) bond motifs is 1. The number of hydrogen-bond donors (Lipinski definition) is 0. The third-order valence-corrected chi connectivity index (χ3v) is 4.84. The van der Waals surface area contributed by atoms with Crippen molar-refractivity contribution in [3.63, 3.8) is 0 Å². The number of hydrogen-bond acceptors (Lipinski definition) is 3. The van der Waals surface area contributed by atoms with Gasteiger partial charge in [0.25, 0.3) is 11.6 Å². The summed E-state index contributed by atoms with van der Waals surface area (Å²) in [5, 5.41) is 11.1. The first kappa shape index (κ1) is 14.0. The van der Waals surface area contributed by atoms with Crippen LogP contribution >= 0.6 is 0 Å². The van der Waals surface area contributed by atoms with Gasteiger partial charge in [0.15, 0.2) is 0 Å². The molecule has 2 aliphatic rings. The average molecular weight is 288 g/mol. The average Bonchev–Trinajstić information content (AvgIpc) is 2.53. The van der Waals surface area contributed by atoms with Gasteiger partial charge in [-0.15, -0.1) is 0 Å². The van der Waals surface area contributed by atoms with Crippen LogP contribution in [-0.2, 0) is 0 Å². The first-order valence-corrected chi connectivity index (χ1v) is 7.73. The van der Waals surface area contributed by atoms with Gasteiger partial charge in [-0.25, -0.2) is 0 Å². The Kier molecular flexibility index (Phi) is 3.90. The van der Waals surface area contributed by atoms with Crippen LogP contribution in [0.4, 0.5) is 5.69 Å². The number of amides is 1. The van der Waals surface area contributed by atoms with Gasteiger partial charge in [-0.2, -0.15) is 0 Å². The summed E-state index contributed by atoms with van der Waals surface area (Å²) in [6, 6.07) is 6.57. The maximum atomic E-state index is 12.8. The molecule has 2 atom stereocenters. The molecule has 1 aliphatic heterocycles. The molecule has 5 heteroatoms. The molecular formula is C16H20N2O3. The minimum absolute atomic E-state index is 0.0829. The van der Waals surface area contributed by atoms with E-state index in [9.17, 15) is 14.9 Å². The Balaban J connectivity index is 1.89. The largest absolute Gasteiger partial charge is 0.335 e. The summed E-state index contributed by atoms with van der Waals surface area (Å²) in [5.41, 5.74) is 0.147. The van der Waals surface area contributed by atoms with Crippen molar-refractivity contribution in [3.8, 4) is 0 Å². The number of carbonyl (C=O) groups is 1. The molecule has 0 spiro atoms. The lowest BCUT2D eigenvalue weighted by Gasteiger charge is -2.44. The molecular weight excluding hydrogens is 268 g/mol. The normalized spacial score (nSPS) is 25.2. The molecule has 1 aliphatic carbocycles. The Labute approximate surface area is 124 Å². The predicted molar refractivity (Wildman–Crippen MR) is 79.1 cm³/mol. The van der Waals surface area contributed by atoms with E-state index in [-0.39, 0.29) is 23.2 Å². The summed E-state index contributed by atoms with van der Waals surface area (Å²) in [7, 11) is 0. The summed E-state index contributed by atoms with van der Waals surface area (Å²) >= 11 is 0. The van der Waals surface area contributed by atoms with Crippen molar-refractivity contribution in [2.45, 2.75) is 44.6 Å². The second-order valence-electron chi connectivity index (χ2n) is 6.03. The predicted octanol–water partition coefficient (Wildman–Crippen LogP) is 3.39. The smallest absolute Gasteiger partial charge is 0.282 e. The highest BCUT2D eigenvalue weighted by Gasteiger charge is 2.37. The van der Waals surface area contributed by atoms with E-state index >= 15 is 0 Å². The Hall–Kier alpha value is -1.91. The van der Waals surface area contributed by atoms with Crippen molar-refractivity contribution >= 4 is 11.6 Å². The van der Waals surface area contributed by atoms with Crippen LogP contribution in [0.5, 0.6) is 0 Å². The fourth-order valence-electron chi connectivity index (χ4n) is 3.85. The molecule has 1 saturated heterocycles. The molecule has 0 aromatic heterocycles. The van der Waals surface area contributed by atoms with Crippen molar-refractivity contribution < 1.29 is 9.72 Å². The van der Waals surface area contributed by atoms with Gasteiger partial charge in [0.2, 0.25) is 0 Å². The Morgan fingerprint density at radius 3 is 2.67 bits per heavy atom. The van der Waals surface area contributed by atoms with E-state index in [0.717, 1.165) is 25.8 Å². The Morgan fingerprint density at radius 2 is 1.86 bits per heavy atom. The monoisotopic (exact) mass is 288 g/mol. The zero-order chi connectivity index (χ0) is 14.8. The number of nitro groups is 1. The molecule has 2 fully saturated rings. The van der Waals surface area contributed by atoms with E-state index in [1.807, 2.05) is 4.90 Å². The van der Waals surface area contributed by atoms with Gasteiger partial charge in [-0.3, -0.25) is 14.9 Å². The van der Waals surface area contributed by atoms with Crippen molar-refractivity contribution in [2.75, 3.05) is 6.54 Å². The van der Waals surface area contributed by atoms with Gasteiger partial charge in [0, 0.05) is 18.7 Å². The van der Waals surface area contributed by atoms with Gasteiger partial charge in [-0.1, -0.05) is 25.0 Å². The van der Waals surface area contributed by atoms with Gasteiger partial charge in [0.05, 0.1) is 4.92 Å². The van der Waals surface area contributed by atoms with Gasteiger partial charge >= 0.3 is 0 Å². The highest BCUT2D eigenvalue weighted by molar-refractivity contribution is 5.98. The standard InChI is InChI=1S/C16H20N2O3/c19-16(13-8-2-4-10-15(13)18(20)21)17-11-5-7-12-6-1-3-9-14(12)17/h2,4,8,10,12,14H,1,3,5-7,9,11H2. The number of rotatable bonds is 2. The van der Waals surface area contributed by atoms with Crippen molar-refractivity contribution in [1.29, 1.82) is 0 Å². The van der Waals surface area contributed by atoms with E-state index in [2.05, 4.69) is 0 Å². The van der Waals surface area contributed by atoms with Gasteiger partial charge in [0.1, 0.15) is 5.56 Å². The molecule has 2 unspecified atom stereocenters. The molecule has 1 aromatic rings. The topological polar surface area (TPSA) is 63.4 Å². The van der Waals surface area contributed by atoms with Gasteiger partial charge in [-0.05, 0) is 37.7 Å². The molecule has 112 valence electrons. The van der Waals surface area contributed by atoms with Crippen molar-refractivity contribution in [3.05, 3.63) is 39.9 Å². The maximum absolute atomic E-state index is 12.8. The zero-order valence-electron chi connectivity index (χ0n) is 12.0. The van der Waals surface area contributed by atoms with Crippen LogP contribution in [0.15, 0.2) is 24.3 Å². The van der Waals surface area contributed by atoms with Crippen LogP contribution in [0.3, 0.4) is 0 Å². The molecule has 5 nitrogen and oxygen atoms in total. The third-order valence-electron chi connectivity index (χ3n) is 4.84. The summed E-state index contributed by atoms with van der Waals surface area (Å²) in [5.74, 6) is 0.415. The minimum Gasteiger partial charge on any atom is -0.335 e. The van der Waals surface area contributed by atoms with Crippen LogP contribution in [-0.4, -0.2) is 28.3 Å². The van der Waals surface area contributed by atoms with Crippen LogP contribution in [0.25, 0.3) is 0 Å². The quantitative estimate of drug-likeness (QED) is 0.619. The summed E-state index contributed by atoms with van der Waals surface area (Å²) in [6.45, 7) is 0.728. The summed E-state index contributed by atoms with van der Waals surface area (Å²) in [4.78, 5) is 25.4. The van der Waals surface area contributed by atoms with E-state index < -0.39 is 4.92 Å². The van der Waals surface area contributed by atoms with Crippen LogP contribution in [0.1, 0.15) is 48.9 Å². The number of likely N-dealkylation sites (tertiary alicyclic amines) is 1. The van der Waals surface area contributed by atoms with Crippen molar-refractivity contribution in [2.24, 2.45) is 5.92 Å². The third kappa shape index (κ3) is 2.64. The zero-order valence-corrected chi connectivity index (χ0v) is 12.0. The molecule has 1 amide bonds. The highest BCUT2D eigenvalue weighted by atomic mass is 16.6. The lowest BCUT2D eigenvalue weighted by atomic mass is 9.78. The van der Waals surface area contributed by atoms with E-state index in [0.29, 0.717) is 5.92 Å². The first-order chi connectivity index (χ1) is 10.2. The number of benzene rings is 1. The summed E-state index contributed by atoms with van der Waals surface area (Å²) < 4.78 is 0. The number of carbonyl (C=O) groups excluding carboxylic acids is 1. The molecule has 1 heterocycles. The molecule has 3 rings (SSSR count). The highest BCUT2D eigenvalue weighted by Crippen LogP contribution is 2.36. The lowest BCUT2D eigenvalue weighted by Crippen LogP contribution is -2.49. The van der Waals surface area contributed by atoms with Crippen LogP contribution < -0.4 is 0 Å². The number of nitro benzene ring substituents is 1. The molecule has 21 heavy (non-hydrogen) atoms. The Bertz CT molecular complexity index is 556. The minimum atomic E-state index is -0.463. The maximum Gasteiger partial charge on any atom is 0.282 e. The second kappa shape index (κ2) is 5.84. The van der Waals surface area contributed by atoms with E-state index in [1.165, 1.54) is 25.3 Å². The molecule has 1 saturated carbocycles. The van der Waals surface area contributed by atoms with Crippen LogP contribution in [0, 0.1) is 16.0 Å². The fraction of sp³-hybridized carbons (Fsp3) is 0.562. The van der Waals surface area contributed by atoms with Crippen LogP contribution in [0.2, 0.25) is 0 Å². The lowest BCUT2D eigenvalue weighted by molar-refractivity contribution is -0.385. The van der Waals surface area contributed by atoms with E-state index in [4.69, 9.17) is 0 Å². The van der Waals surface area contributed by atoms with Gasteiger partial charge < -0.3 is 4.90 Å². The second-order valence-corrected chi connectivity index (χ2v) is 6.03.